The van der Waals surface area contributed by atoms with Crippen LogP contribution < -0.4 is 10.6 Å². The van der Waals surface area contributed by atoms with Gasteiger partial charge in [-0.3, -0.25) is 9.59 Å². The normalized spacial score (nSPS) is 9.56. The number of hydrogen-bond donors (Lipinski definition) is 3. The molecule has 2 amide bonds. The fraction of sp³-hybridized carbons (Fsp3) is 0.636. The Balaban J connectivity index is 3.23. The van der Waals surface area contributed by atoms with Crippen molar-refractivity contribution in [2.24, 2.45) is 0 Å². The second-order valence-electron chi connectivity index (χ2n) is 3.38. The molecule has 0 unspecified atom stereocenters. The van der Waals surface area contributed by atoms with E-state index in [1.807, 2.05) is 0 Å². The highest BCUT2D eigenvalue weighted by atomic mass is 16.3. The predicted octanol–water partition coefficient (Wildman–Crippen LogP) is -0.0425. The Morgan fingerprint density at radius 2 is 1.88 bits per heavy atom. The molecule has 0 spiro atoms. The van der Waals surface area contributed by atoms with E-state index in [1.165, 1.54) is 6.08 Å². The number of hydrogen-bond acceptors (Lipinski definition) is 3. The summed E-state index contributed by atoms with van der Waals surface area (Å²) in [4.78, 5) is 21.8. The molecule has 0 heterocycles. The first-order chi connectivity index (χ1) is 7.70. The van der Waals surface area contributed by atoms with Gasteiger partial charge in [-0.2, -0.15) is 0 Å². The van der Waals surface area contributed by atoms with Gasteiger partial charge in [0.05, 0.1) is 6.61 Å². The monoisotopic (exact) mass is 228 g/mol. The number of aliphatic hydroxyl groups excluding tert-OH is 1. The molecule has 5 heteroatoms. The number of unbranched alkanes of at least 4 members (excludes halogenated alkanes) is 2. The lowest BCUT2D eigenvalue weighted by atomic mass is 10.2. The fourth-order valence-corrected chi connectivity index (χ4v) is 1.15. The summed E-state index contributed by atoms with van der Waals surface area (Å²) in [6.07, 6.45) is 4.25. The van der Waals surface area contributed by atoms with E-state index < -0.39 is 0 Å². The van der Waals surface area contributed by atoms with Crippen LogP contribution in [-0.2, 0) is 9.59 Å². The summed E-state index contributed by atoms with van der Waals surface area (Å²) in [7, 11) is 0. The van der Waals surface area contributed by atoms with Crippen LogP contribution in [0, 0.1) is 0 Å². The molecule has 0 aliphatic heterocycles. The van der Waals surface area contributed by atoms with Gasteiger partial charge in [-0.05, 0) is 18.9 Å². The average molecular weight is 228 g/mol. The molecule has 0 aliphatic rings. The third-order valence-corrected chi connectivity index (χ3v) is 2.00. The van der Waals surface area contributed by atoms with Crippen LogP contribution in [-0.4, -0.2) is 36.6 Å². The van der Waals surface area contributed by atoms with Crippen LogP contribution in [0.1, 0.15) is 25.7 Å². The topological polar surface area (TPSA) is 78.4 Å². The summed E-state index contributed by atoms with van der Waals surface area (Å²) < 4.78 is 0. The molecule has 92 valence electrons. The first kappa shape index (κ1) is 14.6. The average Bonchev–Trinajstić information content (AvgIpc) is 2.30. The molecule has 0 aromatic carbocycles. The summed E-state index contributed by atoms with van der Waals surface area (Å²) in [5.74, 6) is -0.204. The number of carbonyl (C=O) groups is 2. The van der Waals surface area contributed by atoms with Crippen molar-refractivity contribution in [3.05, 3.63) is 12.7 Å². The van der Waals surface area contributed by atoms with Gasteiger partial charge in [0.1, 0.15) is 0 Å². The first-order valence-electron chi connectivity index (χ1n) is 5.48. The molecule has 3 N–H and O–H groups in total. The van der Waals surface area contributed by atoms with Crippen molar-refractivity contribution >= 4 is 11.8 Å². The largest absolute Gasteiger partial charge is 0.395 e. The van der Waals surface area contributed by atoms with Gasteiger partial charge in [-0.25, -0.2) is 0 Å². The molecule has 0 saturated heterocycles. The Bertz CT molecular complexity index is 229. The van der Waals surface area contributed by atoms with E-state index in [0.717, 1.165) is 19.3 Å². The summed E-state index contributed by atoms with van der Waals surface area (Å²) in [6, 6.07) is 0. The summed E-state index contributed by atoms with van der Waals surface area (Å²) >= 11 is 0. The van der Waals surface area contributed by atoms with Crippen LogP contribution in [0.15, 0.2) is 12.7 Å². The molecule has 0 atom stereocenters. The van der Waals surface area contributed by atoms with Crippen molar-refractivity contribution in [1.82, 2.24) is 10.6 Å². The van der Waals surface area contributed by atoms with Crippen LogP contribution in [0.25, 0.3) is 0 Å². The molecular formula is C11H20N2O3. The molecule has 0 bridgehead atoms. The molecule has 0 aromatic heterocycles. The number of carbonyl (C=O) groups excluding carboxylic acids is 2. The zero-order chi connectivity index (χ0) is 12.2. The van der Waals surface area contributed by atoms with Crippen molar-refractivity contribution in [3.63, 3.8) is 0 Å². The van der Waals surface area contributed by atoms with Crippen molar-refractivity contribution in [1.29, 1.82) is 0 Å². The van der Waals surface area contributed by atoms with Gasteiger partial charge in [0.15, 0.2) is 0 Å². The second-order valence-corrected chi connectivity index (χ2v) is 3.38. The Morgan fingerprint density at radius 1 is 1.12 bits per heavy atom. The van der Waals surface area contributed by atoms with Crippen molar-refractivity contribution in [2.75, 3.05) is 19.7 Å². The minimum Gasteiger partial charge on any atom is -0.395 e. The highest BCUT2D eigenvalue weighted by Gasteiger charge is 1.99. The molecule has 5 nitrogen and oxygen atoms in total. The van der Waals surface area contributed by atoms with Crippen LogP contribution in [0.3, 0.4) is 0 Å². The minimum atomic E-state index is -0.166. The molecular weight excluding hydrogens is 208 g/mol. The third kappa shape index (κ3) is 9.21. The van der Waals surface area contributed by atoms with Gasteiger partial charge in [-0.15, -0.1) is 0 Å². The first-order valence-corrected chi connectivity index (χ1v) is 5.48. The minimum absolute atomic E-state index is 0.0284. The van der Waals surface area contributed by atoms with E-state index in [9.17, 15) is 9.59 Å². The zero-order valence-electron chi connectivity index (χ0n) is 9.50. The predicted molar refractivity (Wildman–Crippen MR) is 61.8 cm³/mol. The molecule has 0 saturated carbocycles. The Kier molecular flexibility index (Phi) is 9.30. The highest BCUT2D eigenvalue weighted by molar-refractivity contribution is 5.86. The SMILES string of the molecule is C=CC(=O)NCCCCCC(=O)NCCO. The molecule has 0 aromatic rings. The van der Waals surface area contributed by atoms with Gasteiger partial charge in [0.25, 0.3) is 0 Å². The lowest BCUT2D eigenvalue weighted by Gasteiger charge is -2.03. The number of nitrogens with one attached hydrogen (secondary N) is 2. The maximum absolute atomic E-state index is 11.1. The van der Waals surface area contributed by atoms with E-state index in [-0.39, 0.29) is 18.4 Å². The molecule has 0 rings (SSSR count). The maximum Gasteiger partial charge on any atom is 0.243 e. The summed E-state index contributed by atoms with van der Waals surface area (Å²) in [6.45, 7) is 4.24. The number of rotatable bonds is 9. The number of aliphatic hydroxyl groups is 1. The lowest BCUT2D eigenvalue weighted by molar-refractivity contribution is -0.121. The van der Waals surface area contributed by atoms with E-state index in [0.29, 0.717) is 19.5 Å². The van der Waals surface area contributed by atoms with E-state index in [1.54, 1.807) is 0 Å². The van der Waals surface area contributed by atoms with Crippen molar-refractivity contribution < 1.29 is 14.7 Å². The lowest BCUT2D eigenvalue weighted by Crippen LogP contribution is -2.26. The Labute approximate surface area is 95.9 Å². The van der Waals surface area contributed by atoms with Crippen LogP contribution in [0.4, 0.5) is 0 Å². The van der Waals surface area contributed by atoms with Crippen LogP contribution in [0.2, 0.25) is 0 Å². The van der Waals surface area contributed by atoms with Crippen LogP contribution >= 0.6 is 0 Å². The van der Waals surface area contributed by atoms with Gasteiger partial charge >= 0.3 is 0 Å². The van der Waals surface area contributed by atoms with Crippen molar-refractivity contribution in [3.8, 4) is 0 Å². The summed E-state index contributed by atoms with van der Waals surface area (Å²) in [5.41, 5.74) is 0. The molecule has 0 aliphatic carbocycles. The van der Waals surface area contributed by atoms with Gasteiger partial charge in [0, 0.05) is 19.5 Å². The standard InChI is InChI=1S/C11H20N2O3/c1-2-10(15)12-7-5-3-4-6-11(16)13-8-9-14/h2,14H,1,3-9H2,(H,12,15)(H,13,16). The molecule has 0 radical (unpaired) electrons. The van der Waals surface area contributed by atoms with E-state index in [4.69, 9.17) is 5.11 Å². The van der Waals surface area contributed by atoms with Gasteiger partial charge in [0.2, 0.25) is 11.8 Å². The molecule has 16 heavy (non-hydrogen) atoms. The smallest absolute Gasteiger partial charge is 0.243 e. The third-order valence-electron chi connectivity index (χ3n) is 2.00. The number of amides is 2. The fourth-order valence-electron chi connectivity index (χ4n) is 1.15. The maximum atomic E-state index is 11.1. The quantitative estimate of drug-likeness (QED) is 0.382. The Hall–Kier alpha value is -1.36. The highest BCUT2D eigenvalue weighted by Crippen LogP contribution is 1.98. The Morgan fingerprint density at radius 3 is 2.50 bits per heavy atom. The van der Waals surface area contributed by atoms with E-state index >= 15 is 0 Å². The summed E-state index contributed by atoms with van der Waals surface area (Å²) in [5, 5.41) is 13.7. The second kappa shape index (κ2) is 10.2. The van der Waals surface area contributed by atoms with Crippen LogP contribution in [0.5, 0.6) is 0 Å². The zero-order valence-corrected chi connectivity index (χ0v) is 9.50. The van der Waals surface area contributed by atoms with Gasteiger partial charge in [-0.1, -0.05) is 13.0 Å². The molecule has 0 fully saturated rings. The van der Waals surface area contributed by atoms with E-state index in [2.05, 4.69) is 17.2 Å². The van der Waals surface area contributed by atoms with Gasteiger partial charge < -0.3 is 15.7 Å². The van der Waals surface area contributed by atoms with Crippen molar-refractivity contribution in [2.45, 2.75) is 25.7 Å².